The van der Waals surface area contributed by atoms with E-state index in [4.69, 9.17) is 4.74 Å². The van der Waals surface area contributed by atoms with Crippen molar-refractivity contribution in [3.05, 3.63) is 76.7 Å². The number of benzene rings is 2. The predicted molar refractivity (Wildman–Crippen MR) is 100 cm³/mol. The third-order valence-electron chi connectivity index (χ3n) is 4.26. The van der Waals surface area contributed by atoms with Gasteiger partial charge in [-0.15, -0.1) is 0 Å². The van der Waals surface area contributed by atoms with Gasteiger partial charge in [0.1, 0.15) is 11.4 Å². The van der Waals surface area contributed by atoms with Crippen LogP contribution in [0.25, 0.3) is 21.8 Å². The predicted octanol–water partition coefficient (Wildman–Crippen LogP) is 3.70. The highest BCUT2D eigenvalue weighted by Crippen LogP contribution is 2.24. The Morgan fingerprint density at radius 1 is 1.04 bits per heavy atom. The molecule has 0 fully saturated rings. The first-order valence-electron chi connectivity index (χ1n) is 8.03. The van der Waals surface area contributed by atoms with Crippen LogP contribution in [0.15, 0.2) is 65.6 Å². The lowest BCUT2D eigenvalue weighted by molar-refractivity contribution is 0.410. The molecule has 124 valence electrons. The molecule has 0 amide bonds. The third-order valence-corrected chi connectivity index (χ3v) is 4.26. The number of aromatic nitrogens is 2. The van der Waals surface area contributed by atoms with Crippen LogP contribution in [-0.4, -0.2) is 17.1 Å². The Morgan fingerprint density at radius 3 is 2.64 bits per heavy atom. The van der Waals surface area contributed by atoms with E-state index in [1.807, 2.05) is 54.6 Å². The molecule has 4 rings (SSSR count). The van der Waals surface area contributed by atoms with Crippen molar-refractivity contribution < 1.29 is 4.74 Å². The number of nitrogens with zero attached hydrogens (tertiary/aromatic N) is 1. The molecular weight excluding hydrogens is 314 g/mol. The minimum Gasteiger partial charge on any atom is -0.496 e. The van der Waals surface area contributed by atoms with Gasteiger partial charge in [-0.2, -0.15) is 0 Å². The maximum atomic E-state index is 12.1. The quantitative estimate of drug-likeness (QED) is 0.560. The van der Waals surface area contributed by atoms with Gasteiger partial charge in [-0.05, 0) is 23.6 Å². The van der Waals surface area contributed by atoms with Crippen LogP contribution in [0.4, 0.5) is 5.69 Å². The maximum Gasteiger partial charge on any atom is 0.257 e. The zero-order valence-electron chi connectivity index (χ0n) is 13.7. The Bertz CT molecular complexity index is 1120. The molecule has 2 heterocycles. The molecule has 2 aromatic heterocycles. The van der Waals surface area contributed by atoms with Gasteiger partial charge in [0.05, 0.1) is 19.0 Å². The highest BCUT2D eigenvalue weighted by Gasteiger charge is 2.07. The van der Waals surface area contributed by atoms with E-state index in [-0.39, 0.29) is 5.56 Å². The van der Waals surface area contributed by atoms with Gasteiger partial charge in [0.15, 0.2) is 0 Å². The zero-order valence-corrected chi connectivity index (χ0v) is 13.7. The molecule has 5 heteroatoms. The van der Waals surface area contributed by atoms with Crippen molar-refractivity contribution in [1.82, 2.24) is 9.97 Å². The van der Waals surface area contributed by atoms with E-state index in [2.05, 4.69) is 15.3 Å². The molecule has 0 bridgehead atoms. The van der Waals surface area contributed by atoms with E-state index in [1.54, 1.807) is 13.3 Å². The van der Waals surface area contributed by atoms with Crippen molar-refractivity contribution in [1.29, 1.82) is 0 Å². The summed E-state index contributed by atoms with van der Waals surface area (Å²) >= 11 is 0. The smallest absolute Gasteiger partial charge is 0.257 e. The van der Waals surface area contributed by atoms with Crippen LogP contribution >= 0.6 is 0 Å². The highest BCUT2D eigenvalue weighted by molar-refractivity contribution is 6.04. The third kappa shape index (κ3) is 2.80. The number of hydrogen-bond acceptors (Lipinski definition) is 4. The Balaban J connectivity index is 1.73. The van der Waals surface area contributed by atoms with Crippen LogP contribution in [0.2, 0.25) is 0 Å². The fraction of sp³-hybridized carbons (Fsp3) is 0.100. The number of nitrogens with one attached hydrogen (secondary N) is 2. The first-order chi connectivity index (χ1) is 12.3. The number of anilines is 1. The molecule has 0 unspecified atom stereocenters. The molecular formula is C20H17N3O2. The minimum atomic E-state index is -0.120. The number of aromatic amines is 1. The van der Waals surface area contributed by atoms with Crippen LogP contribution in [0.1, 0.15) is 5.56 Å². The molecule has 2 N–H and O–H groups in total. The lowest BCUT2D eigenvalue weighted by atomic mass is 10.1. The summed E-state index contributed by atoms with van der Waals surface area (Å²) in [5.74, 6) is 0.846. The lowest BCUT2D eigenvalue weighted by Gasteiger charge is -2.11. The van der Waals surface area contributed by atoms with Crippen LogP contribution in [-0.2, 0) is 6.54 Å². The molecule has 5 nitrogen and oxygen atoms in total. The standard InChI is InChI=1S/C20H17N3O2/c1-25-18-9-5-2-6-13(18)11-21-14-10-17-15-7-3-4-8-16(15)20(24)23-19(17)22-12-14/h2-10,12,21H,11H2,1H3,(H,22,23,24). The monoisotopic (exact) mass is 331 g/mol. The van der Waals surface area contributed by atoms with Crippen molar-refractivity contribution in [3.63, 3.8) is 0 Å². The Morgan fingerprint density at radius 2 is 1.80 bits per heavy atom. The summed E-state index contributed by atoms with van der Waals surface area (Å²) in [7, 11) is 1.67. The van der Waals surface area contributed by atoms with Gasteiger partial charge in [-0.1, -0.05) is 36.4 Å². The molecule has 4 aromatic rings. The van der Waals surface area contributed by atoms with E-state index in [1.165, 1.54) is 0 Å². The molecule has 0 saturated carbocycles. The van der Waals surface area contributed by atoms with Gasteiger partial charge in [-0.3, -0.25) is 4.79 Å². The summed E-state index contributed by atoms with van der Waals surface area (Å²) < 4.78 is 5.38. The number of H-pyrrole nitrogens is 1. The van der Waals surface area contributed by atoms with Gasteiger partial charge in [0.25, 0.3) is 5.56 Å². The van der Waals surface area contributed by atoms with Crippen molar-refractivity contribution in [2.24, 2.45) is 0 Å². The largest absolute Gasteiger partial charge is 0.496 e. The molecule has 0 aliphatic carbocycles. The normalized spacial score (nSPS) is 10.9. The van der Waals surface area contributed by atoms with E-state index in [0.717, 1.165) is 27.8 Å². The Hall–Kier alpha value is -3.34. The van der Waals surface area contributed by atoms with Crippen LogP contribution < -0.4 is 15.6 Å². The number of pyridine rings is 2. The summed E-state index contributed by atoms with van der Waals surface area (Å²) in [6, 6.07) is 17.5. The Labute approximate surface area is 144 Å². The Kier molecular flexibility index (Phi) is 3.82. The summed E-state index contributed by atoms with van der Waals surface area (Å²) in [5, 5.41) is 5.85. The summed E-state index contributed by atoms with van der Waals surface area (Å²) in [4.78, 5) is 19.4. The van der Waals surface area contributed by atoms with Gasteiger partial charge in [0, 0.05) is 22.9 Å². The van der Waals surface area contributed by atoms with Gasteiger partial charge in [0.2, 0.25) is 0 Å². The SMILES string of the molecule is COc1ccccc1CNc1cnc2[nH]c(=O)c3ccccc3c2c1. The fourth-order valence-electron chi connectivity index (χ4n) is 3.00. The average molecular weight is 331 g/mol. The molecule has 0 atom stereocenters. The molecule has 0 aliphatic rings. The van der Waals surface area contributed by atoms with Crippen molar-refractivity contribution >= 4 is 27.5 Å². The van der Waals surface area contributed by atoms with E-state index >= 15 is 0 Å². The van der Waals surface area contributed by atoms with Gasteiger partial charge in [-0.25, -0.2) is 4.98 Å². The van der Waals surface area contributed by atoms with Gasteiger partial charge < -0.3 is 15.0 Å². The second kappa shape index (κ2) is 6.28. The minimum absolute atomic E-state index is 0.120. The average Bonchev–Trinajstić information content (AvgIpc) is 2.67. The number of ether oxygens (including phenoxy) is 1. The highest BCUT2D eigenvalue weighted by atomic mass is 16.5. The van der Waals surface area contributed by atoms with Crippen molar-refractivity contribution in [3.8, 4) is 5.75 Å². The van der Waals surface area contributed by atoms with E-state index in [9.17, 15) is 4.79 Å². The van der Waals surface area contributed by atoms with Crippen LogP contribution in [0.5, 0.6) is 5.75 Å². The number of para-hydroxylation sites is 1. The number of rotatable bonds is 4. The molecule has 0 spiro atoms. The number of methoxy groups -OCH3 is 1. The molecule has 25 heavy (non-hydrogen) atoms. The molecule has 0 radical (unpaired) electrons. The molecule has 2 aromatic carbocycles. The van der Waals surface area contributed by atoms with Crippen molar-refractivity contribution in [2.45, 2.75) is 6.54 Å². The number of fused-ring (bicyclic) bond motifs is 3. The zero-order chi connectivity index (χ0) is 17.2. The maximum absolute atomic E-state index is 12.1. The summed E-state index contributed by atoms with van der Waals surface area (Å²) in [6.45, 7) is 0.623. The second-order valence-corrected chi connectivity index (χ2v) is 5.79. The molecule has 0 saturated heterocycles. The van der Waals surface area contributed by atoms with Crippen molar-refractivity contribution in [2.75, 3.05) is 12.4 Å². The van der Waals surface area contributed by atoms with E-state index < -0.39 is 0 Å². The summed E-state index contributed by atoms with van der Waals surface area (Å²) in [5.41, 5.74) is 2.42. The number of hydrogen-bond donors (Lipinski definition) is 2. The second-order valence-electron chi connectivity index (χ2n) is 5.79. The van der Waals surface area contributed by atoms with Gasteiger partial charge >= 0.3 is 0 Å². The summed E-state index contributed by atoms with van der Waals surface area (Å²) in [6.07, 6.45) is 1.72. The van der Waals surface area contributed by atoms with Crippen LogP contribution in [0.3, 0.4) is 0 Å². The topological polar surface area (TPSA) is 67.0 Å². The lowest BCUT2D eigenvalue weighted by Crippen LogP contribution is -2.08. The molecule has 0 aliphatic heterocycles. The first kappa shape index (κ1) is 15.2. The van der Waals surface area contributed by atoms with E-state index in [0.29, 0.717) is 17.6 Å². The van der Waals surface area contributed by atoms with Crippen LogP contribution in [0, 0.1) is 0 Å². The first-order valence-corrected chi connectivity index (χ1v) is 8.03. The fourth-order valence-corrected chi connectivity index (χ4v) is 3.00.